The Balaban J connectivity index is 2.04. The topological polar surface area (TPSA) is 40.2 Å². The van der Waals surface area contributed by atoms with Crippen LogP contribution in [0.15, 0.2) is 59.5 Å². The van der Waals surface area contributed by atoms with Gasteiger partial charge in [-0.1, -0.05) is 0 Å². The van der Waals surface area contributed by atoms with Gasteiger partial charge < -0.3 is 9.15 Å². The predicted molar refractivity (Wildman–Crippen MR) is 67.8 cm³/mol. The van der Waals surface area contributed by atoms with Crippen LogP contribution in [0.25, 0.3) is 16.9 Å². The number of aromatic nitrogens is 2. The standard InChI is InChI=1S/C14H12N2O2/c1-17-13-4-2-12(3-5-13)16-14(6-8-15-16)11-7-9-18-10-11/h2-10H,1H3. The molecule has 0 aliphatic rings. The summed E-state index contributed by atoms with van der Waals surface area (Å²) >= 11 is 0. The maximum absolute atomic E-state index is 5.14. The number of rotatable bonds is 3. The van der Waals surface area contributed by atoms with E-state index in [1.807, 2.05) is 41.1 Å². The molecule has 0 saturated heterocycles. The fourth-order valence-corrected chi connectivity index (χ4v) is 1.86. The molecule has 0 radical (unpaired) electrons. The Morgan fingerprint density at radius 1 is 1.11 bits per heavy atom. The van der Waals surface area contributed by atoms with Gasteiger partial charge in [0.1, 0.15) is 5.75 Å². The molecular formula is C14H12N2O2. The summed E-state index contributed by atoms with van der Waals surface area (Å²) in [6.07, 6.45) is 5.13. The fraction of sp³-hybridized carbons (Fsp3) is 0.0714. The van der Waals surface area contributed by atoms with Crippen molar-refractivity contribution < 1.29 is 9.15 Å². The van der Waals surface area contributed by atoms with Gasteiger partial charge in [-0.3, -0.25) is 0 Å². The summed E-state index contributed by atoms with van der Waals surface area (Å²) < 4.78 is 12.1. The molecule has 0 aliphatic carbocycles. The number of hydrogen-bond donors (Lipinski definition) is 0. The monoisotopic (exact) mass is 240 g/mol. The highest BCUT2D eigenvalue weighted by atomic mass is 16.5. The summed E-state index contributed by atoms with van der Waals surface area (Å²) in [5, 5.41) is 4.33. The first-order chi connectivity index (χ1) is 8.88. The van der Waals surface area contributed by atoms with E-state index in [1.54, 1.807) is 25.8 Å². The summed E-state index contributed by atoms with van der Waals surface area (Å²) in [5.41, 5.74) is 2.98. The highest BCUT2D eigenvalue weighted by molar-refractivity contribution is 5.60. The Labute approximate surface area is 104 Å². The molecule has 0 bridgehead atoms. The minimum absolute atomic E-state index is 0.829. The third kappa shape index (κ3) is 1.78. The molecule has 3 aromatic rings. The maximum atomic E-state index is 5.14. The van der Waals surface area contributed by atoms with Gasteiger partial charge in [-0.15, -0.1) is 0 Å². The van der Waals surface area contributed by atoms with E-state index in [9.17, 15) is 0 Å². The molecule has 1 aromatic carbocycles. The molecule has 4 nitrogen and oxygen atoms in total. The highest BCUT2D eigenvalue weighted by Crippen LogP contribution is 2.23. The lowest BCUT2D eigenvalue weighted by atomic mass is 10.2. The first-order valence-electron chi connectivity index (χ1n) is 5.59. The molecule has 2 heterocycles. The summed E-state index contributed by atoms with van der Waals surface area (Å²) in [6, 6.07) is 11.6. The average Bonchev–Trinajstić information content (AvgIpc) is 3.09. The molecule has 4 heteroatoms. The van der Waals surface area contributed by atoms with Crippen molar-refractivity contribution in [2.45, 2.75) is 0 Å². The lowest BCUT2D eigenvalue weighted by molar-refractivity contribution is 0.414. The van der Waals surface area contributed by atoms with Crippen molar-refractivity contribution in [2.24, 2.45) is 0 Å². The zero-order chi connectivity index (χ0) is 12.4. The molecule has 90 valence electrons. The summed E-state index contributed by atoms with van der Waals surface area (Å²) in [4.78, 5) is 0. The van der Waals surface area contributed by atoms with Crippen LogP contribution in [0.4, 0.5) is 0 Å². The minimum Gasteiger partial charge on any atom is -0.497 e. The third-order valence-electron chi connectivity index (χ3n) is 2.78. The Hall–Kier alpha value is -2.49. The second kappa shape index (κ2) is 4.41. The lowest BCUT2D eigenvalue weighted by Crippen LogP contribution is -1.98. The molecule has 3 rings (SSSR count). The van der Waals surface area contributed by atoms with E-state index in [2.05, 4.69) is 5.10 Å². The SMILES string of the molecule is COc1ccc(-n2nccc2-c2ccoc2)cc1. The van der Waals surface area contributed by atoms with Gasteiger partial charge in [0.25, 0.3) is 0 Å². The second-order valence-corrected chi connectivity index (χ2v) is 3.84. The number of hydrogen-bond acceptors (Lipinski definition) is 3. The molecular weight excluding hydrogens is 228 g/mol. The predicted octanol–water partition coefficient (Wildman–Crippen LogP) is 3.14. The van der Waals surface area contributed by atoms with Gasteiger partial charge in [-0.25, -0.2) is 4.68 Å². The van der Waals surface area contributed by atoms with Gasteiger partial charge in [0, 0.05) is 5.56 Å². The Morgan fingerprint density at radius 3 is 2.61 bits per heavy atom. The third-order valence-corrected chi connectivity index (χ3v) is 2.78. The first kappa shape index (κ1) is 10.7. The average molecular weight is 240 g/mol. The molecule has 0 spiro atoms. The Kier molecular flexibility index (Phi) is 2.61. The summed E-state index contributed by atoms with van der Waals surface area (Å²) in [6.45, 7) is 0. The second-order valence-electron chi connectivity index (χ2n) is 3.84. The highest BCUT2D eigenvalue weighted by Gasteiger charge is 2.08. The van der Waals surface area contributed by atoms with Gasteiger partial charge in [0.2, 0.25) is 0 Å². The van der Waals surface area contributed by atoms with Crippen LogP contribution in [0, 0.1) is 0 Å². The van der Waals surface area contributed by atoms with Crippen LogP contribution < -0.4 is 4.74 Å². The van der Waals surface area contributed by atoms with E-state index in [0.29, 0.717) is 0 Å². The van der Waals surface area contributed by atoms with Crippen LogP contribution >= 0.6 is 0 Å². The van der Waals surface area contributed by atoms with Crippen LogP contribution in [0.5, 0.6) is 5.75 Å². The molecule has 2 aromatic heterocycles. The first-order valence-corrected chi connectivity index (χ1v) is 5.59. The van der Waals surface area contributed by atoms with E-state index >= 15 is 0 Å². The molecule has 18 heavy (non-hydrogen) atoms. The zero-order valence-corrected chi connectivity index (χ0v) is 9.91. The zero-order valence-electron chi connectivity index (χ0n) is 9.91. The largest absolute Gasteiger partial charge is 0.497 e. The summed E-state index contributed by atoms with van der Waals surface area (Å²) in [7, 11) is 1.65. The van der Waals surface area contributed by atoms with Crippen molar-refractivity contribution in [1.82, 2.24) is 9.78 Å². The van der Waals surface area contributed by atoms with E-state index in [1.165, 1.54) is 0 Å². The molecule has 0 unspecified atom stereocenters. The van der Waals surface area contributed by atoms with E-state index in [0.717, 1.165) is 22.7 Å². The van der Waals surface area contributed by atoms with Gasteiger partial charge >= 0.3 is 0 Å². The Bertz CT molecular complexity index is 624. The Morgan fingerprint density at radius 2 is 1.94 bits per heavy atom. The number of furan rings is 1. The van der Waals surface area contributed by atoms with Crippen LogP contribution in [-0.4, -0.2) is 16.9 Å². The van der Waals surface area contributed by atoms with Crippen molar-refractivity contribution in [2.75, 3.05) is 7.11 Å². The van der Waals surface area contributed by atoms with Crippen molar-refractivity contribution in [3.8, 4) is 22.7 Å². The minimum atomic E-state index is 0.829. The van der Waals surface area contributed by atoms with Gasteiger partial charge in [0.05, 0.1) is 37.2 Å². The molecule has 0 atom stereocenters. The lowest BCUT2D eigenvalue weighted by Gasteiger charge is -2.06. The quantitative estimate of drug-likeness (QED) is 0.706. The van der Waals surface area contributed by atoms with Crippen molar-refractivity contribution in [1.29, 1.82) is 0 Å². The van der Waals surface area contributed by atoms with E-state index in [4.69, 9.17) is 9.15 Å². The molecule has 0 amide bonds. The van der Waals surface area contributed by atoms with E-state index < -0.39 is 0 Å². The number of methoxy groups -OCH3 is 1. The molecule has 0 saturated carbocycles. The van der Waals surface area contributed by atoms with Crippen molar-refractivity contribution in [3.63, 3.8) is 0 Å². The van der Waals surface area contributed by atoms with Crippen LogP contribution in [0.2, 0.25) is 0 Å². The summed E-state index contributed by atoms with van der Waals surface area (Å²) in [5.74, 6) is 0.829. The van der Waals surface area contributed by atoms with Gasteiger partial charge in [-0.05, 0) is 36.4 Å². The smallest absolute Gasteiger partial charge is 0.119 e. The normalized spacial score (nSPS) is 10.5. The van der Waals surface area contributed by atoms with Crippen LogP contribution in [-0.2, 0) is 0 Å². The van der Waals surface area contributed by atoms with Crippen LogP contribution in [0.1, 0.15) is 0 Å². The van der Waals surface area contributed by atoms with Crippen LogP contribution in [0.3, 0.4) is 0 Å². The van der Waals surface area contributed by atoms with E-state index in [-0.39, 0.29) is 0 Å². The number of benzene rings is 1. The van der Waals surface area contributed by atoms with Crippen molar-refractivity contribution >= 4 is 0 Å². The number of ether oxygens (including phenoxy) is 1. The number of nitrogens with zero attached hydrogens (tertiary/aromatic N) is 2. The molecule has 0 N–H and O–H groups in total. The molecule has 0 fully saturated rings. The molecule has 0 aliphatic heterocycles. The van der Waals surface area contributed by atoms with Gasteiger partial charge in [0.15, 0.2) is 0 Å². The van der Waals surface area contributed by atoms with Crippen molar-refractivity contribution in [3.05, 3.63) is 55.1 Å². The fourth-order valence-electron chi connectivity index (χ4n) is 1.86. The maximum Gasteiger partial charge on any atom is 0.119 e. The van der Waals surface area contributed by atoms with Gasteiger partial charge in [-0.2, -0.15) is 5.10 Å².